The van der Waals surface area contributed by atoms with Crippen LogP contribution < -0.4 is 11.1 Å². The van der Waals surface area contributed by atoms with Crippen LogP contribution in [0.4, 0.5) is 19.5 Å². The number of hydrogen-bond donors (Lipinski definition) is 2. The third kappa shape index (κ3) is 5.40. The number of ether oxygens (including phenoxy) is 1. The lowest BCUT2D eigenvalue weighted by molar-refractivity contribution is 0.0164. The van der Waals surface area contributed by atoms with Crippen LogP contribution in [0, 0.1) is 11.8 Å². The number of carbonyl (C=O) groups is 2. The first-order valence-electron chi connectivity index (χ1n) is 11.2. The van der Waals surface area contributed by atoms with Gasteiger partial charge in [0, 0.05) is 24.0 Å². The van der Waals surface area contributed by atoms with Crippen LogP contribution >= 0.6 is 0 Å². The zero-order chi connectivity index (χ0) is 25.2. The molecule has 2 unspecified atom stereocenters. The van der Waals surface area contributed by atoms with Crippen LogP contribution in [0.15, 0.2) is 66.8 Å². The monoisotopic (exact) mass is 480 g/mol. The van der Waals surface area contributed by atoms with Crippen LogP contribution in [-0.4, -0.2) is 28.2 Å². The number of aromatic nitrogens is 2. The largest absolute Gasteiger partial charge is 0.449 e. The highest BCUT2D eigenvalue weighted by Gasteiger charge is 2.28. The van der Waals surface area contributed by atoms with Gasteiger partial charge in [0.05, 0.1) is 17.6 Å². The summed E-state index contributed by atoms with van der Waals surface area (Å²) in [6.45, 7) is 3.05. The van der Waals surface area contributed by atoms with Crippen LogP contribution in [0.25, 0.3) is 11.0 Å². The Morgan fingerprint density at radius 2 is 1.91 bits per heavy atom. The van der Waals surface area contributed by atoms with Gasteiger partial charge < -0.3 is 15.0 Å². The van der Waals surface area contributed by atoms with E-state index in [9.17, 15) is 18.4 Å². The summed E-state index contributed by atoms with van der Waals surface area (Å²) in [6, 6.07) is 10.8. The highest BCUT2D eigenvalue weighted by molar-refractivity contribution is 5.97. The molecular formula is C26H26F2N4O3. The van der Waals surface area contributed by atoms with E-state index < -0.39 is 17.9 Å². The number of nitrogens with one attached hydrogen (secondary N) is 1. The molecule has 2 atom stereocenters. The zero-order valence-corrected chi connectivity index (χ0v) is 19.4. The average molecular weight is 481 g/mol. The Morgan fingerprint density at radius 3 is 2.63 bits per heavy atom. The van der Waals surface area contributed by atoms with E-state index in [-0.39, 0.29) is 42.1 Å². The molecule has 0 spiro atoms. The fourth-order valence-corrected chi connectivity index (χ4v) is 4.07. The number of halogens is 2. The number of amides is 2. The molecular weight excluding hydrogens is 454 g/mol. The number of fused-ring (bicyclic) bond motifs is 1. The first-order chi connectivity index (χ1) is 16.6. The van der Waals surface area contributed by atoms with E-state index in [1.807, 2.05) is 31.2 Å². The number of nitrogens with two attached hydrogens (primary N) is 1. The van der Waals surface area contributed by atoms with E-state index in [4.69, 9.17) is 10.5 Å². The van der Waals surface area contributed by atoms with Gasteiger partial charge in [-0.05, 0) is 29.7 Å². The summed E-state index contributed by atoms with van der Waals surface area (Å²) in [4.78, 5) is 28.7. The quantitative estimate of drug-likeness (QED) is 0.484. The Bertz CT molecular complexity index is 1320. The standard InChI is InChI=1S/C26H26F2N4O3/c1-16-7-3-4-9-19(16)15-35-25(34)31-24-30-21-13-17(23(29)33)11-12-22(21)32(24)14-18-8-5-6-10-20(18)26(2,27)28/h3-13,16,19H,14-15H2,1-2H3,(H2,29,33)(H,30,31,34). The second-order valence-electron chi connectivity index (χ2n) is 8.65. The molecule has 2 aromatic carbocycles. The van der Waals surface area contributed by atoms with E-state index in [0.29, 0.717) is 16.6 Å². The van der Waals surface area contributed by atoms with Gasteiger partial charge in [0.2, 0.25) is 11.9 Å². The van der Waals surface area contributed by atoms with Crippen molar-refractivity contribution in [3.05, 3.63) is 83.5 Å². The van der Waals surface area contributed by atoms with Crippen LogP contribution in [0.3, 0.4) is 0 Å². The maximum absolute atomic E-state index is 14.2. The molecule has 3 aromatic rings. The van der Waals surface area contributed by atoms with Crippen molar-refractivity contribution in [3.8, 4) is 0 Å². The van der Waals surface area contributed by atoms with E-state index >= 15 is 0 Å². The minimum absolute atomic E-state index is 0.00876. The number of benzene rings is 2. The molecule has 1 aliphatic rings. The predicted molar refractivity (Wildman–Crippen MR) is 129 cm³/mol. The van der Waals surface area contributed by atoms with Crippen LogP contribution in [0.2, 0.25) is 0 Å². The molecule has 4 rings (SSSR count). The average Bonchev–Trinajstić information content (AvgIpc) is 3.14. The number of rotatable bonds is 7. The number of nitrogens with zero attached hydrogens (tertiary/aromatic N) is 2. The van der Waals surface area contributed by atoms with Crippen LogP contribution in [-0.2, 0) is 17.2 Å². The van der Waals surface area contributed by atoms with Crippen molar-refractivity contribution in [2.45, 2.75) is 26.3 Å². The lowest BCUT2D eigenvalue weighted by atomic mass is 9.91. The van der Waals surface area contributed by atoms with Gasteiger partial charge in [0.25, 0.3) is 5.92 Å². The summed E-state index contributed by atoms with van der Waals surface area (Å²) >= 11 is 0. The van der Waals surface area contributed by atoms with Gasteiger partial charge in [0.1, 0.15) is 6.61 Å². The third-order valence-corrected chi connectivity index (χ3v) is 6.03. The van der Waals surface area contributed by atoms with Crippen molar-refractivity contribution < 1.29 is 23.1 Å². The molecule has 0 saturated heterocycles. The van der Waals surface area contributed by atoms with Crippen molar-refractivity contribution in [2.75, 3.05) is 11.9 Å². The lowest BCUT2D eigenvalue weighted by Crippen LogP contribution is -2.23. The van der Waals surface area contributed by atoms with Gasteiger partial charge in [-0.3, -0.25) is 10.1 Å². The molecule has 182 valence electrons. The predicted octanol–water partition coefficient (Wildman–Crippen LogP) is 5.22. The number of alkyl halides is 2. The maximum Gasteiger partial charge on any atom is 0.413 e. The fourth-order valence-electron chi connectivity index (χ4n) is 4.07. The summed E-state index contributed by atoms with van der Waals surface area (Å²) < 4.78 is 35.5. The number of carbonyl (C=O) groups excluding carboxylic acids is 2. The molecule has 1 aromatic heterocycles. The number of primary amides is 1. The number of hydrogen-bond acceptors (Lipinski definition) is 4. The van der Waals surface area contributed by atoms with E-state index in [0.717, 1.165) is 6.92 Å². The van der Waals surface area contributed by atoms with Crippen molar-refractivity contribution >= 4 is 29.0 Å². The number of allylic oxidation sites excluding steroid dienone is 3. The van der Waals surface area contributed by atoms with Gasteiger partial charge in [-0.15, -0.1) is 0 Å². The van der Waals surface area contributed by atoms with Crippen molar-refractivity contribution in [1.82, 2.24) is 9.55 Å². The topological polar surface area (TPSA) is 99.2 Å². The molecule has 35 heavy (non-hydrogen) atoms. The SMILES string of the molecule is CC1C=CC=CC1COC(=O)Nc1nc2cc(C(N)=O)ccc2n1Cc1ccccc1C(C)(F)F. The van der Waals surface area contributed by atoms with E-state index in [2.05, 4.69) is 10.3 Å². The smallest absolute Gasteiger partial charge is 0.413 e. The Kier molecular flexibility index (Phi) is 6.68. The minimum Gasteiger partial charge on any atom is -0.449 e. The summed E-state index contributed by atoms with van der Waals surface area (Å²) in [6.07, 6.45) is 7.13. The van der Waals surface area contributed by atoms with Gasteiger partial charge in [-0.1, -0.05) is 55.5 Å². The van der Waals surface area contributed by atoms with Crippen molar-refractivity contribution in [1.29, 1.82) is 0 Å². The van der Waals surface area contributed by atoms with Gasteiger partial charge >= 0.3 is 6.09 Å². The summed E-state index contributed by atoms with van der Waals surface area (Å²) in [5.41, 5.74) is 6.78. The maximum atomic E-state index is 14.2. The molecule has 9 heteroatoms. The van der Waals surface area contributed by atoms with E-state index in [1.54, 1.807) is 28.8 Å². The molecule has 3 N–H and O–H groups in total. The van der Waals surface area contributed by atoms with E-state index in [1.165, 1.54) is 18.2 Å². The minimum atomic E-state index is -3.06. The third-order valence-electron chi connectivity index (χ3n) is 6.03. The summed E-state index contributed by atoms with van der Waals surface area (Å²) in [7, 11) is 0. The molecule has 2 amide bonds. The highest BCUT2D eigenvalue weighted by Crippen LogP contribution is 2.32. The Labute approximate surface area is 201 Å². The second kappa shape index (κ2) is 9.69. The highest BCUT2D eigenvalue weighted by atomic mass is 19.3. The molecule has 0 aliphatic heterocycles. The molecule has 1 aliphatic carbocycles. The zero-order valence-electron chi connectivity index (χ0n) is 19.4. The fraction of sp³-hybridized carbons (Fsp3) is 0.269. The first-order valence-corrected chi connectivity index (χ1v) is 11.2. The number of imidazole rings is 1. The summed E-state index contributed by atoms with van der Waals surface area (Å²) in [5.74, 6) is -3.32. The Morgan fingerprint density at radius 1 is 1.17 bits per heavy atom. The van der Waals surface area contributed by atoms with Gasteiger partial charge in [-0.2, -0.15) is 0 Å². The van der Waals surface area contributed by atoms with Gasteiger partial charge in [0.15, 0.2) is 0 Å². The molecule has 0 radical (unpaired) electrons. The lowest BCUT2D eigenvalue weighted by Gasteiger charge is -2.20. The molecule has 0 bridgehead atoms. The Hall–Kier alpha value is -4.01. The Balaban J connectivity index is 1.65. The van der Waals surface area contributed by atoms with Crippen molar-refractivity contribution in [3.63, 3.8) is 0 Å². The number of anilines is 1. The van der Waals surface area contributed by atoms with Crippen LogP contribution in [0.5, 0.6) is 0 Å². The van der Waals surface area contributed by atoms with Crippen molar-refractivity contribution in [2.24, 2.45) is 17.6 Å². The van der Waals surface area contributed by atoms with Gasteiger partial charge in [-0.25, -0.2) is 18.6 Å². The summed E-state index contributed by atoms with van der Waals surface area (Å²) in [5, 5.41) is 2.63. The molecule has 0 saturated carbocycles. The molecule has 1 heterocycles. The second-order valence-corrected chi connectivity index (χ2v) is 8.65. The molecule has 0 fully saturated rings. The van der Waals surface area contributed by atoms with Crippen LogP contribution in [0.1, 0.15) is 35.3 Å². The molecule has 7 nitrogen and oxygen atoms in total. The normalized spacial score (nSPS) is 17.5. The first kappa shape index (κ1) is 24.1.